The van der Waals surface area contributed by atoms with Crippen molar-refractivity contribution in [1.29, 1.82) is 0 Å². The van der Waals surface area contributed by atoms with Crippen molar-refractivity contribution in [2.75, 3.05) is 19.8 Å². The van der Waals surface area contributed by atoms with E-state index in [1.54, 1.807) is 0 Å². The van der Waals surface area contributed by atoms with E-state index in [1.165, 1.54) is 0 Å². The maximum Gasteiger partial charge on any atom is 0.391 e. The standard InChI is InChI=1S/C14H26F3NO2/c1-11(2)18-13(10-19)6-3-4-12(13)5-8-20-9-7-14(15,16)17/h11-12,18-19H,3-10H2,1-2H3. The Bertz CT molecular complexity index is 284. The number of alkyl halides is 3. The van der Waals surface area contributed by atoms with Gasteiger partial charge in [0.1, 0.15) is 0 Å². The van der Waals surface area contributed by atoms with Crippen molar-refractivity contribution in [2.24, 2.45) is 5.92 Å². The Balaban J connectivity index is 2.34. The van der Waals surface area contributed by atoms with Crippen molar-refractivity contribution < 1.29 is 23.0 Å². The highest BCUT2D eigenvalue weighted by Crippen LogP contribution is 2.38. The normalized spacial score (nSPS) is 27.4. The molecule has 0 aliphatic heterocycles. The fourth-order valence-corrected chi connectivity index (χ4v) is 3.10. The fraction of sp³-hybridized carbons (Fsp3) is 1.00. The third-order valence-corrected chi connectivity index (χ3v) is 3.96. The highest BCUT2D eigenvalue weighted by atomic mass is 19.4. The van der Waals surface area contributed by atoms with Crippen molar-refractivity contribution in [3.63, 3.8) is 0 Å². The van der Waals surface area contributed by atoms with Crippen LogP contribution in [-0.2, 0) is 4.74 Å². The fourth-order valence-electron chi connectivity index (χ4n) is 3.10. The van der Waals surface area contributed by atoms with E-state index in [1.807, 2.05) is 13.8 Å². The monoisotopic (exact) mass is 297 g/mol. The molecule has 20 heavy (non-hydrogen) atoms. The first-order valence-corrected chi connectivity index (χ1v) is 7.32. The second kappa shape index (κ2) is 7.61. The van der Waals surface area contributed by atoms with E-state index in [9.17, 15) is 18.3 Å². The van der Waals surface area contributed by atoms with E-state index in [0.717, 1.165) is 19.3 Å². The van der Waals surface area contributed by atoms with Gasteiger partial charge in [-0.25, -0.2) is 0 Å². The van der Waals surface area contributed by atoms with Crippen LogP contribution in [0.4, 0.5) is 13.2 Å². The van der Waals surface area contributed by atoms with Gasteiger partial charge in [-0.05, 0) is 25.2 Å². The van der Waals surface area contributed by atoms with E-state index in [0.29, 0.717) is 13.0 Å². The van der Waals surface area contributed by atoms with Crippen LogP contribution >= 0.6 is 0 Å². The summed E-state index contributed by atoms with van der Waals surface area (Å²) in [5.41, 5.74) is -0.290. The molecular formula is C14H26F3NO2. The lowest BCUT2D eigenvalue weighted by atomic mass is 9.85. The van der Waals surface area contributed by atoms with Crippen LogP contribution in [0.5, 0.6) is 0 Å². The van der Waals surface area contributed by atoms with Gasteiger partial charge in [-0.3, -0.25) is 0 Å². The minimum atomic E-state index is -4.15. The number of aliphatic hydroxyl groups excluding tert-OH is 1. The molecule has 3 nitrogen and oxygen atoms in total. The highest BCUT2D eigenvalue weighted by molar-refractivity contribution is 4.99. The van der Waals surface area contributed by atoms with Crippen LogP contribution in [0.25, 0.3) is 0 Å². The summed E-state index contributed by atoms with van der Waals surface area (Å²) in [6.07, 6.45) is -1.42. The quantitative estimate of drug-likeness (QED) is 0.677. The van der Waals surface area contributed by atoms with Gasteiger partial charge in [0.15, 0.2) is 0 Å². The molecule has 0 bridgehead atoms. The lowest BCUT2D eigenvalue weighted by Crippen LogP contribution is -2.54. The highest BCUT2D eigenvalue weighted by Gasteiger charge is 2.42. The number of ether oxygens (including phenoxy) is 1. The Labute approximate surface area is 118 Å². The molecule has 0 spiro atoms. The molecule has 2 N–H and O–H groups in total. The van der Waals surface area contributed by atoms with Crippen molar-refractivity contribution in [3.05, 3.63) is 0 Å². The molecule has 0 aromatic heterocycles. The second-order valence-electron chi connectivity index (χ2n) is 5.97. The van der Waals surface area contributed by atoms with Crippen molar-refractivity contribution >= 4 is 0 Å². The molecular weight excluding hydrogens is 271 g/mol. The number of aliphatic hydroxyl groups is 1. The van der Waals surface area contributed by atoms with E-state index in [2.05, 4.69) is 5.32 Å². The van der Waals surface area contributed by atoms with E-state index in [4.69, 9.17) is 4.74 Å². The molecule has 1 aliphatic rings. The van der Waals surface area contributed by atoms with Crippen LogP contribution in [-0.4, -0.2) is 42.7 Å². The van der Waals surface area contributed by atoms with Gasteiger partial charge < -0.3 is 15.2 Å². The molecule has 6 heteroatoms. The number of nitrogens with one attached hydrogen (secondary N) is 1. The van der Waals surface area contributed by atoms with Crippen LogP contribution in [0.1, 0.15) is 46.0 Å². The molecule has 0 radical (unpaired) electrons. The molecule has 2 unspecified atom stereocenters. The molecule has 0 amide bonds. The third kappa shape index (κ3) is 5.58. The number of rotatable bonds is 8. The summed E-state index contributed by atoms with van der Waals surface area (Å²) in [4.78, 5) is 0. The summed E-state index contributed by atoms with van der Waals surface area (Å²) >= 11 is 0. The Morgan fingerprint density at radius 2 is 2.05 bits per heavy atom. The Hall–Kier alpha value is -0.330. The summed E-state index contributed by atoms with van der Waals surface area (Å²) in [6, 6.07) is 0.272. The van der Waals surface area contributed by atoms with Gasteiger partial charge >= 0.3 is 6.18 Å². The summed E-state index contributed by atoms with van der Waals surface area (Å²) in [6.45, 7) is 4.18. The minimum absolute atomic E-state index is 0.0679. The summed E-state index contributed by atoms with van der Waals surface area (Å²) in [5, 5.41) is 13.1. The molecule has 0 aromatic carbocycles. The third-order valence-electron chi connectivity index (χ3n) is 3.96. The first-order chi connectivity index (χ1) is 9.29. The Morgan fingerprint density at radius 3 is 2.60 bits per heavy atom. The van der Waals surface area contributed by atoms with Crippen molar-refractivity contribution in [1.82, 2.24) is 5.32 Å². The zero-order valence-electron chi connectivity index (χ0n) is 12.3. The molecule has 1 saturated carbocycles. The number of hydrogen-bond acceptors (Lipinski definition) is 3. The first-order valence-electron chi connectivity index (χ1n) is 7.32. The molecule has 0 aromatic rings. The van der Waals surface area contributed by atoms with E-state index >= 15 is 0 Å². The van der Waals surface area contributed by atoms with Crippen LogP contribution in [0.2, 0.25) is 0 Å². The number of hydrogen-bond donors (Lipinski definition) is 2. The minimum Gasteiger partial charge on any atom is -0.394 e. The maximum absolute atomic E-state index is 12.0. The van der Waals surface area contributed by atoms with Crippen LogP contribution in [0.3, 0.4) is 0 Å². The Kier molecular flexibility index (Phi) is 6.75. The SMILES string of the molecule is CC(C)NC1(CO)CCCC1CCOCCC(F)(F)F. The van der Waals surface area contributed by atoms with Gasteiger partial charge in [0.2, 0.25) is 0 Å². The predicted octanol–water partition coefficient (Wildman–Crippen LogP) is 2.87. The van der Waals surface area contributed by atoms with Gasteiger partial charge in [0, 0.05) is 18.2 Å². The molecule has 2 atom stereocenters. The number of halogens is 3. The largest absolute Gasteiger partial charge is 0.394 e. The molecule has 120 valence electrons. The summed E-state index contributed by atoms with van der Waals surface area (Å²) in [5.74, 6) is 0.265. The first kappa shape index (κ1) is 17.7. The van der Waals surface area contributed by atoms with Gasteiger partial charge in [-0.2, -0.15) is 13.2 Å². The second-order valence-corrected chi connectivity index (χ2v) is 5.97. The zero-order valence-corrected chi connectivity index (χ0v) is 12.3. The average molecular weight is 297 g/mol. The van der Waals surface area contributed by atoms with Crippen LogP contribution < -0.4 is 5.32 Å². The molecule has 1 fully saturated rings. The lowest BCUT2D eigenvalue weighted by molar-refractivity contribution is -0.145. The molecule has 0 heterocycles. The zero-order chi connectivity index (χ0) is 15.2. The smallest absolute Gasteiger partial charge is 0.391 e. The molecule has 0 saturated heterocycles. The van der Waals surface area contributed by atoms with Crippen molar-refractivity contribution in [2.45, 2.75) is 63.7 Å². The summed E-state index contributed by atoms with van der Waals surface area (Å²) < 4.78 is 41.0. The van der Waals surface area contributed by atoms with Crippen LogP contribution in [0.15, 0.2) is 0 Å². The van der Waals surface area contributed by atoms with Crippen LogP contribution in [0, 0.1) is 5.92 Å². The van der Waals surface area contributed by atoms with Gasteiger partial charge in [0.25, 0.3) is 0 Å². The molecule has 1 rings (SSSR count). The van der Waals surface area contributed by atoms with Crippen molar-refractivity contribution in [3.8, 4) is 0 Å². The Morgan fingerprint density at radius 1 is 1.35 bits per heavy atom. The van der Waals surface area contributed by atoms with Gasteiger partial charge in [-0.15, -0.1) is 0 Å². The average Bonchev–Trinajstić information content (AvgIpc) is 2.70. The topological polar surface area (TPSA) is 41.5 Å². The van der Waals surface area contributed by atoms with Gasteiger partial charge in [-0.1, -0.05) is 20.3 Å². The lowest BCUT2D eigenvalue weighted by Gasteiger charge is -2.37. The maximum atomic E-state index is 12.0. The predicted molar refractivity (Wildman–Crippen MR) is 71.5 cm³/mol. The summed E-state index contributed by atoms with van der Waals surface area (Å²) in [7, 11) is 0. The van der Waals surface area contributed by atoms with Gasteiger partial charge in [0.05, 0.1) is 19.6 Å². The van der Waals surface area contributed by atoms with E-state index in [-0.39, 0.29) is 30.7 Å². The molecule has 1 aliphatic carbocycles. The van der Waals surface area contributed by atoms with E-state index < -0.39 is 12.6 Å².